The molecule has 9 aromatic rings. The molecule has 0 fully saturated rings. The number of benzene rings is 7. The van der Waals surface area contributed by atoms with Crippen LogP contribution >= 0.6 is 0 Å². The quantitative estimate of drug-likeness (QED) is 0.198. The first kappa shape index (κ1) is 27.1. The fourth-order valence-corrected chi connectivity index (χ4v) is 8.30. The van der Waals surface area contributed by atoms with Gasteiger partial charge in [-0.15, -0.1) is 0 Å². The van der Waals surface area contributed by atoms with Gasteiger partial charge in [0.25, 0.3) is 0 Å². The second-order valence-corrected chi connectivity index (χ2v) is 13.4. The Labute approximate surface area is 278 Å². The van der Waals surface area contributed by atoms with Crippen molar-refractivity contribution in [3.8, 4) is 39.6 Å². The Hall–Kier alpha value is -6.06. The molecule has 3 nitrogen and oxygen atoms in total. The highest BCUT2D eigenvalue weighted by Gasteiger charge is 2.42. The minimum Gasteiger partial charge on any atom is -0.278 e. The van der Waals surface area contributed by atoms with Crippen LogP contribution < -0.4 is 0 Å². The smallest absolute Gasteiger partial charge is 0.235 e. The van der Waals surface area contributed by atoms with E-state index in [2.05, 4.69) is 170 Å². The summed E-state index contributed by atoms with van der Waals surface area (Å²) in [5.74, 6) is 0.688. The molecule has 0 atom stereocenters. The summed E-state index contributed by atoms with van der Waals surface area (Å²) >= 11 is 0. The lowest BCUT2D eigenvalue weighted by Gasteiger charge is -2.23. The van der Waals surface area contributed by atoms with E-state index >= 15 is 0 Å². The molecule has 3 heteroatoms. The van der Waals surface area contributed by atoms with Crippen molar-refractivity contribution in [2.45, 2.75) is 19.3 Å². The first-order chi connectivity index (χ1) is 23.6. The SMILES string of the molecule is CC1(C)c2c(ccc3ccccc23)-c2c1c1ccccc1n2-c1nc(-c2cccc(-c3cccc4ccccc34)c2)c2ccccc2n1. The van der Waals surface area contributed by atoms with Gasteiger partial charge in [0.15, 0.2) is 0 Å². The van der Waals surface area contributed by atoms with Crippen LogP contribution in [0.4, 0.5) is 0 Å². The van der Waals surface area contributed by atoms with E-state index in [1.807, 2.05) is 0 Å². The van der Waals surface area contributed by atoms with Gasteiger partial charge >= 0.3 is 0 Å². The Balaban J connectivity index is 1.25. The molecular weight excluding hydrogens is 583 g/mol. The Morgan fingerprint density at radius 1 is 0.479 bits per heavy atom. The molecule has 0 unspecified atom stereocenters. The number of fused-ring (bicyclic) bond motifs is 9. The third kappa shape index (κ3) is 3.76. The second kappa shape index (κ2) is 9.97. The maximum Gasteiger partial charge on any atom is 0.235 e. The molecule has 0 aliphatic heterocycles. The highest BCUT2D eigenvalue weighted by atomic mass is 15.2. The van der Waals surface area contributed by atoms with Gasteiger partial charge in [-0.25, -0.2) is 9.97 Å². The lowest BCUT2D eigenvalue weighted by molar-refractivity contribution is 0.672. The molecule has 1 aliphatic carbocycles. The molecule has 1 aliphatic rings. The number of aromatic nitrogens is 3. The molecule has 2 aromatic heterocycles. The molecule has 7 aromatic carbocycles. The molecule has 10 rings (SSSR count). The number of hydrogen-bond donors (Lipinski definition) is 0. The van der Waals surface area contributed by atoms with Crippen molar-refractivity contribution in [3.63, 3.8) is 0 Å². The summed E-state index contributed by atoms with van der Waals surface area (Å²) in [6.07, 6.45) is 0. The highest BCUT2D eigenvalue weighted by molar-refractivity contribution is 6.05. The van der Waals surface area contributed by atoms with Crippen molar-refractivity contribution in [2.75, 3.05) is 0 Å². The third-order valence-electron chi connectivity index (χ3n) is 10.3. The number of rotatable bonds is 3. The van der Waals surface area contributed by atoms with Gasteiger partial charge in [-0.2, -0.15) is 0 Å². The van der Waals surface area contributed by atoms with Gasteiger partial charge in [-0.3, -0.25) is 4.57 Å². The summed E-state index contributed by atoms with van der Waals surface area (Å²) in [6.45, 7) is 4.73. The van der Waals surface area contributed by atoms with Gasteiger partial charge in [0.2, 0.25) is 5.95 Å². The maximum absolute atomic E-state index is 5.47. The van der Waals surface area contributed by atoms with Gasteiger partial charge in [0, 0.05) is 27.3 Å². The minimum atomic E-state index is -0.206. The van der Waals surface area contributed by atoms with E-state index in [0.29, 0.717) is 5.95 Å². The third-order valence-corrected chi connectivity index (χ3v) is 10.3. The maximum atomic E-state index is 5.47. The predicted octanol–water partition coefficient (Wildman–Crippen LogP) is 11.5. The van der Waals surface area contributed by atoms with Crippen LogP contribution in [-0.2, 0) is 5.41 Å². The Morgan fingerprint density at radius 3 is 1.98 bits per heavy atom. The fraction of sp³-hybridized carbons (Fsp3) is 0.0667. The largest absolute Gasteiger partial charge is 0.278 e. The van der Waals surface area contributed by atoms with E-state index < -0.39 is 0 Å². The Kier molecular flexibility index (Phi) is 5.63. The number of nitrogens with zero attached hydrogens (tertiary/aromatic N) is 3. The first-order valence-electron chi connectivity index (χ1n) is 16.6. The summed E-state index contributed by atoms with van der Waals surface area (Å²) in [4.78, 5) is 10.8. The predicted molar refractivity (Wildman–Crippen MR) is 200 cm³/mol. The standard InChI is InChI=1S/C45H31N3/c1-45(2)40-34-19-6-4-14-29(34)25-26-37(40)43-41(45)36-21-8-10-24-39(36)48(43)44-46-38-23-9-7-20-35(38)42(47-44)31-17-11-16-30(27-31)33-22-12-15-28-13-3-5-18-32(28)33/h3-27H,1-2H3. The van der Waals surface area contributed by atoms with E-state index in [1.54, 1.807) is 0 Å². The molecule has 0 bridgehead atoms. The van der Waals surface area contributed by atoms with Crippen LogP contribution in [-0.4, -0.2) is 14.5 Å². The van der Waals surface area contributed by atoms with Crippen molar-refractivity contribution >= 4 is 43.4 Å². The van der Waals surface area contributed by atoms with Crippen molar-refractivity contribution in [2.24, 2.45) is 0 Å². The monoisotopic (exact) mass is 613 g/mol. The average molecular weight is 614 g/mol. The zero-order chi connectivity index (χ0) is 32.0. The average Bonchev–Trinajstić information content (AvgIpc) is 3.61. The molecule has 0 N–H and O–H groups in total. The molecule has 0 amide bonds. The highest BCUT2D eigenvalue weighted by Crippen LogP contribution is 2.55. The summed E-state index contributed by atoms with van der Waals surface area (Å²) in [6, 6.07) is 54.4. The van der Waals surface area contributed by atoms with E-state index in [-0.39, 0.29) is 5.41 Å². The van der Waals surface area contributed by atoms with Gasteiger partial charge in [0.1, 0.15) is 0 Å². The topological polar surface area (TPSA) is 30.7 Å². The van der Waals surface area contributed by atoms with Gasteiger partial charge < -0.3 is 0 Å². The molecule has 0 saturated carbocycles. The first-order valence-corrected chi connectivity index (χ1v) is 16.6. The molecular formula is C45H31N3. The molecule has 2 heterocycles. The Bertz CT molecular complexity index is 2760. The van der Waals surface area contributed by atoms with E-state index in [1.165, 1.54) is 60.4 Å². The van der Waals surface area contributed by atoms with Crippen molar-refractivity contribution in [1.29, 1.82) is 0 Å². The van der Waals surface area contributed by atoms with E-state index in [0.717, 1.165) is 27.7 Å². The lowest BCUT2D eigenvalue weighted by atomic mass is 9.79. The fourth-order valence-electron chi connectivity index (χ4n) is 8.30. The summed E-state index contributed by atoms with van der Waals surface area (Å²) in [5.41, 5.74) is 11.4. The molecule has 0 radical (unpaired) electrons. The minimum absolute atomic E-state index is 0.206. The van der Waals surface area contributed by atoms with Crippen LogP contribution in [0.3, 0.4) is 0 Å². The summed E-state index contributed by atoms with van der Waals surface area (Å²) < 4.78 is 2.32. The number of para-hydroxylation sites is 2. The van der Waals surface area contributed by atoms with Crippen molar-refractivity contribution < 1.29 is 0 Å². The van der Waals surface area contributed by atoms with Crippen LogP contribution in [0.15, 0.2) is 152 Å². The zero-order valence-electron chi connectivity index (χ0n) is 26.8. The second-order valence-electron chi connectivity index (χ2n) is 13.4. The Morgan fingerprint density at radius 2 is 1.12 bits per heavy atom. The lowest BCUT2D eigenvalue weighted by Crippen LogP contribution is -2.15. The van der Waals surface area contributed by atoms with Gasteiger partial charge in [0.05, 0.1) is 22.4 Å². The van der Waals surface area contributed by atoms with Crippen molar-refractivity contribution in [1.82, 2.24) is 14.5 Å². The molecule has 0 spiro atoms. The normalized spacial score (nSPS) is 13.4. The van der Waals surface area contributed by atoms with Crippen LogP contribution in [0, 0.1) is 0 Å². The van der Waals surface area contributed by atoms with Crippen LogP contribution in [0.5, 0.6) is 0 Å². The van der Waals surface area contributed by atoms with Gasteiger partial charge in [-0.1, -0.05) is 147 Å². The number of hydrogen-bond acceptors (Lipinski definition) is 2. The van der Waals surface area contributed by atoms with Crippen molar-refractivity contribution in [3.05, 3.63) is 163 Å². The van der Waals surface area contributed by atoms with E-state index in [9.17, 15) is 0 Å². The van der Waals surface area contributed by atoms with Crippen LogP contribution in [0.25, 0.3) is 82.9 Å². The molecule has 226 valence electrons. The van der Waals surface area contributed by atoms with E-state index in [4.69, 9.17) is 9.97 Å². The van der Waals surface area contributed by atoms with Crippen LogP contribution in [0.2, 0.25) is 0 Å². The van der Waals surface area contributed by atoms with Crippen LogP contribution in [0.1, 0.15) is 25.0 Å². The summed E-state index contributed by atoms with van der Waals surface area (Å²) in [7, 11) is 0. The summed E-state index contributed by atoms with van der Waals surface area (Å²) in [5, 5.41) is 7.33. The molecule has 48 heavy (non-hydrogen) atoms. The molecule has 0 saturated heterocycles. The van der Waals surface area contributed by atoms with Gasteiger partial charge in [-0.05, 0) is 62.0 Å². The zero-order valence-corrected chi connectivity index (χ0v) is 26.8.